The van der Waals surface area contributed by atoms with Crippen LogP contribution in [0.25, 0.3) is 0 Å². The number of para-hydroxylation sites is 1. The number of ether oxygens (including phenoxy) is 1. The van der Waals surface area contributed by atoms with Crippen LogP contribution in [0, 0.1) is 5.92 Å². The zero-order chi connectivity index (χ0) is 14.0. The van der Waals surface area contributed by atoms with Crippen molar-refractivity contribution in [3.8, 4) is 5.75 Å². The van der Waals surface area contributed by atoms with Crippen LogP contribution in [0.1, 0.15) is 51.9 Å². The Morgan fingerprint density at radius 2 is 1.95 bits per heavy atom. The van der Waals surface area contributed by atoms with Gasteiger partial charge in [0.2, 0.25) is 0 Å². The Morgan fingerprint density at radius 3 is 2.75 bits per heavy atom. The van der Waals surface area contributed by atoms with E-state index in [0.29, 0.717) is 0 Å². The Balaban J connectivity index is 1.66. The lowest BCUT2D eigenvalue weighted by atomic mass is 9.81. The van der Waals surface area contributed by atoms with Gasteiger partial charge in [-0.15, -0.1) is 0 Å². The van der Waals surface area contributed by atoms with Crippen molar-refractivity contribution in [1.82, 2.24) is 5.32 Å². The molecule has 20 heavy (non-hydrogen) atoms. The molecule has 0 aromatic heterocycles. The van der Waals surface area contributed by atoms with E-state index in [2.05, 4.69) is 12.2 Å². The van der Waals surface area contributed by atoms with E-state index in [1.165, 1.54) is 51.5 Å². The number of hydrogen-bond acceptors (Lipinski definition) is 2. The highest BCUT2D eigenvalue weighted by Crippen LogP contribution is 2.28. The molecule has 112 valence electrons. The van der Waals surface area contributed by atoms with Crippen LogP contribution in [0.2, 0.25) is 0 Å². The molecule has 1 N–H and O–H groups in total. The van der Waals surface area contributed by atoms with Crippen molar-refractivity contribution >= 4 is 0 Å². The van der Waals surface area contributed by atoms with Crippen molar-refractivity contribution in [2.45, 2.75) is 57.9 Å². The lowest BCUT2D eigenvalue weighted by Crippen LogP contribution is -2.39. The second-order valence-corrected chi connectivity index (χ2v) is 5.91. The van der Waals surface area contributed by atoms with Crippen molar-refractivity contribution in [1.29, 1.82) is 0 Å². The van der Waals surface area contributed by atoms with Gasteiger partial charge in [-0.05, 0) is 56.7 Å². The summed E-state index contributed by atoms with van der Waals surface area (Å²) in [6.45, 7) is 4.27. The third-order valence-corrected chi connectivity index (χ3v) is 4.30. The fourth-order valence-electron chi connectivity index (χ4n) is 3.20. The molecule has 2 nitrogen and oxygen atoms in total. The van der Waals surface area contributed by atoms with E-state index in [9.17, 15) is 0 Å². The van der Waals surface area contributed by atoms with E-state index < -0.39 is 0 Å². The Morgan fingerprint density at radius 1 is 1.15 bits per heavy atom. The SMILES string of the molecule is CCCNC1CCCCC1CCCOc1ccccc1. The average molecular weight is 275 g/mol. The second-order valence-electron chi connectivity index (χ2n) is 5.91. The van der Waals surface area contributed by atoms with Crippen molar-refractivity contribution in [3.05, 3.63) is 30.3 Å². The summed E-state index contributed by atoms with van der Waals surface area (Å²) < 4.78 is 5.79. The molecule has 1 aliphatic rings. The van der Waals surface area contributed by atoms with Crippen LogP contribution in [0.5, 0.6) is 5.75 Å². The summed E-state index contributed by atoms with van der Waals surface area (Å²) in [4.78, 5) is 0. The Bertz CT molecular complexity index is 352. The first-order valence-corrected chi connectivity index (χ1v) is 8.31. The first kappa shape index (κ1) is 15.4. The first-order chi connectivity index (χ1) is 9.90. The highest BCUT2D eigenvalue weighted by Gasteiger charge is 2.23. The highest BCUT2D eigenvalue weighted by atomic mass is 16.5. The molecule has 0 radical (unpaired) electrons. The molecule has 1 aliphatic carbocycles. The second kappa shape index (κ2) is 9.02. The number of benzene rings is 1. The molecule has 1 fully saturated rings. The van der Waals surface area contributed by atoms with Crippen LogP contribution in [0.4, 0.5) is 0 Å². The highest BCUT2D eigenvalue weighted by molar-refractivity contribution is 5.20. The van der Waals surface area contributed by atoms with E-state index in [-0.39, 0.29) is 0 Å². The number of rotatable bonds is 8. The first-order valence-electron chi connectivity index (χ1n) is 8.31. The topological polar surface area (TPSA) is 21.3 Å². The summed E-state index contributed by atoms with van der Waals surface area (Å²) in [6, 6.07) is 10.9. The predicted octanol–water partition coefficient (Wildman–Crippen LogP) is 4.40. The minimum Gasteiger partial charge on any atom is -0.494 e. The van der Waals surface area contributed by atoms with Gasteiger partial charge in [-0.1, -0.05) is 38.0 Å². The van der Waals surface area contributed by atoms with E-state index in [1.54, 1.807) is 0 Å². The lowest BCUT2D eigenvalue weighted by Gasteiger charge is -2.32. The monoisotopic (exact) mass is 275 g/mol. The molecule has 0 amide bonds. The van der Waals surface area contributed by atoms with Gasteiger partial charge in [0.25, 0.3) is 0 Å². The molecule has 0 aliphatic heterocycles. The van der Waals surface area contributed by atoms with Gasteiger partial charge >= 0.3 is 0 Å². The zero-order valence-electron chi connectivity index (χ0n) is 12.8. The van der Waals surface area contributed by atoms with Gasteiger partial charge in [0, 0.05) is 6.04 Å². The maximum Gasteiger partial charge on any atom is 0.119 e. The van der Waals surface area contributed by atoms with Crippen molar-refractivity contribution in [3.63, 3.8) is 0 Å². The molecule has 0 saturated heterocycles. The molecule has 2 atom stereocenters. The molecule has 0 heterocycles. The Kier molecular flexibility index (Phi) is 6.93. The molecule has 1 saturated carbocycles. The molecular formula is C18H29NO. The Labute approximate surface area is 123 Å². The van der Waals surface area contributed by atoms with Crippen LogP contribution < -0.4 is 10.1 Å². The third-order valence-electron chi connectivity index (χ3n) is 4.30. The summed E-state index contributed by atoms with van der Waals surface area (Å²) in [5.41, 5.74) is 0. The molecule has 0 spiro atoms. The summed E-state index contributed by atoms with van der Waals surface area (Å²) in [5.74, 6) is 1.85. The van der Waals surface area contributed by atoms with Crippen molar-refractivity contribution in [2.24, 2.45) is 5.92 Å². The minimum absolute atomic E-state index is 0.750. The van der Waals surface area contributed by atoms with E-state index in [4.69, 9.17) is 4.74 Å². The maximum absolute atomic E-state index is 5.79. The Hall–Kier alpha value is -1.02. The van der Waals surface area contributed by atoms with E-state index in [1.807, 2.05) is 30.3 Å². The third kappa shape index (κ3) is 5.16. The number of hydrogen-bond donors (Lipinski definition) is 1. The summed E-state index contributed by atoms with van der Waals surface area (Å²) in [5, 5.41) is 3.74. The van der Waals surface area contributed by atoms with Crippen LogP contribution >= 0.6 is 0 Å². The quantitative estimate of drug-likeness (QED) is 0.710. The molecule has 2 unspecified atom stereocenters. The van der Waals surface area contributed by atoms with E-state index in [0.717, 1.165) is 24.3 Å². The average Bonchev–Trinajstić information content (AvgIpc) is 2.51. The molecule has 2 rings (SSSR count). The van der Waals surface area contributed by atoms with Gasteiger partial charge in [-0.3, -0.25) is 0 Å². The molecule has 1 aromatic carbocycles. The van der Waals surface area contributed by atoms with Gasteiger partial charge in [0.1, 0.15) is 5.75 Å². The normalized spacial score (nSPS) is 22.6. The van der Waals surface area contributed by atoms with Crippen molar-refractivity contribution in [2.75, 3.05) is 13.2 Å². The standard InChI is InChI=1S/C18H29NO/c1-2-14-19-18-13-7-6-9-16(18)10-8-15-20-17-11-4-3-5-12-17/h3-5,11-12,16,18-19H,2,6-10,13-15H2,1H3. The summed E-state index contributed by atoms with van der Waals surface area (Å²) in [6.07, 6.45) is 9.28. The maximum atomic E-state index is 5.79. The molecule has 0 bridgehead atoms. The molecule has 2 heteroatoms. The van der Waals surface area contributed by atoms with Gasteiger partial charge < -0.3 is 10.1 Å². The summed E-state index contributed by atoms with van der Waals surface area (Å²) in [7, 11) is 0. The van der Waals surface area contributed by atoms with Crippen LogP contribution in [-0.4, -0.2) is 19.2 Å². The largest absolute Gasteiger partial charge is 0.494 e. The zero-order valence-corrected chi connectivity index (χ0v) is 12.8. The van der Waals surface area contributed by atoms with Crippen LogP contribution in [-0.2, 0) is 0 Å². The van der Waals surface area contributed by atoms with Crippen molar-refractivity contribution < 1.29 is 4.74 Å². The van der Waals surface area contributed by atoms with Gasteiger partial charge in [-0.2, -0.15) is 0 Å². The fourth-order valence-corrected chi connectivity index (χ4v) is 3.20. The predicted molar refractivity (Wildman–Crippen MR) is 85.2 cm³/mol. The summed E-state index contributed by atoms with van der Waals surface area (Å²) >= 11 is 0. The van der Waals surface area contributed by atoms with Gasteiger partial charge in [-0.25, -0.2) is 0 Å². The lowest BCUT2D eigenvalue weighted by molar-refractivity contribution is 0.224. The molecule has 1 aromatic rings. The van der Waals surface area contributed by atoms with Gasteiger partial charge in [0.15, 0.2) is 0 Å². The fraction of sp³-hybridized carbons (Fsp3) is 0.667. The molecular weight excluding hydrogens is 246 g/mol. The van der Waals surface area contributed by atoms with Crippen LogP contribution in [0.15, 0.2) is 30.3 Å². The van der Waals surface area contributed by atoms with Crippen LogP contribution in [0.3, 0.4) is 0 Å². The van der Waals surface area contributed by atoms with E-state index >= 15 is 0 Å². The smallest absolute Gasteiger partial charge is 0.119 e. The number of nitrogens with one attached hydrogen (secondary N) is 1. The minimum atomic E-state index is 0.750. The van der Waals surface area contributed by atoms with Gasteiger partial charge in [0.05, 0.1) is 6.61 Å².